The van der Waals surface area contributed by atoms with Crippen LogP contribution in [0.2, 0.25) is 0 Å². The van der Waals surface area contributed by atoms with E-state index < -0.39 is 10.0 Å². The molecule has 1 aromatic heterocycles. The molecule has 0 atom stereocenters. The van der Waals surface area contributed by atoms with Crippen LogP contribution in [0.1, 0.15) is 5.56 Å². The molecule has 1 N–H and O–H groups in total. The van der Waals surface area contributed by atoms with Crippen molar-refractivity contribution in [2.75, 3.05) is 42.6 Å². The Hall–Kier alpha value is -3.68. The van der Waals surface area contributed by atoms with Crippen molar-refractivity contribution in [3.05, 3.63) is 58.3 Å². The van der Waals surface area contributed by atoms with Crippen LogP contribution in [-0.2, 0) is 21.2 Å². The average Bonchev–Trinajstić information content (AvgIpc) is 3.28. The van der Waals surface area contributed by atoms with Gasteiger partial charge in [-0.3, -0.25) is 0 Å². The maximum absolute atomic E-state index is 11.9. The monoisotopic (exact) mass is 464 g/mol. The highest BCUT2D eigenvalue weighted by molar-refractivity contribution is 7.93. The van der Waals surface area contributed by atoms with Crippen molar-refractivity contribution in [2.45, 2.75) is 11.3 Å². The molecule has 5 rings (SSSR count). The normalized spacial score (nSPS) is 15.8. The number of hydrogen-bond donors (Lipinski definition) is 1. The second kappa shape index (κ2) is 8.35. The first-order valence-electron chi connectivity index (χ1n) is 10.5. The van der Waals surface area contributed by atoms with Gasteiger partial charge in [0.15, 0.2) is 4.90 Å². The molecular formula is C23H22N5O4S+. The van der Waals surface area contributed by atoms with E-state index in [2.05, 4.69) is 9.15 Å². The molecule has 0 aliphatic carbocycles. The predicted molar refractivity (Wildman–Crippen MR) is 125 cm³/mol. The lowest BCUT2D eigenvalue weighted by molar-refractivity contribution is 0.122. The number of anilines is 3. The molecule has 2 aliphatic rings. The van der Waals surface area contributed by atoms with Crippen LogP contribution in [-0.4, -0.2) is 56.3 Å². The minimum Gasteiger partial charge on any atom is -0.508 e. The van der Waals surface area contributed by atoms with Crippen molar-refractivity contribution in [1.29, 1.82) is 0 Å². The number of fused-ring (bicyclic) bond motifs is 1. The largest absolute Gasteiger partial charge is 0.510 e. The first kappa shape index (κ1) is 21.2. The van der Waals surface area contributed by atoms with Crippen molar-refractivity contribution >= 4 is 27.5 Å². The van der Waals surface area contributed by atoms with Crippen LogP contribution in [0, 0.1) is 6.57 Å². The molecule has 0 spiro atoms. The van der Waals surface area contributed by atoms with Crippen LogP contribution in [0.5, 0.6) is 5.75 Å². The lowest BCUT2D eigenvalue weighted by atomic mass is 10.1. The molecule has 1 fully saturated rings. The van der Waals surface area contributed by atoms with Crippen molar-refractivity contribution in [3.8, 4) is 23.6 Å². The number of rotatable bonds is 4. The molecule has 1 saturated heterocycles. The number of hydrogen-bond acceptors (Lipinski definition) is 8. The van der Waals surface area contributed by atoms with Gasteiger partial charge in [0.2, 0.25) is 5.95 Å². The molecule has 0 bridgehead atoms. The van der Waals surface area contributed by atoms with E-state index in [1.54, 1.807) is 30.3 Å². The molecule has 9 nitrogen and oxygen atoms in total. The number of nitrogens with zero attached hydrogens (tertiary/aromatic N) is 5. The van der Waals surface area contributed by atoms with Crippen LogP contribution in [0.4, 0.5) is 17.5 Å². The summed E-state index contributed by atoms with van der Waals surface area (Å²) < 4.78 is 32.3. The topological polar surface area (TPSA) is 100 Å². The van der Waals surface area contributed by atoms with Gasteiger partial charge in [-0.25, -0.2) is 4.98 Å². The van der Waals surface area contributed by atoms with E-state index in [0.29, 0.717) is 45.2 Å². The molecule has 2 aliphatic heterocycles. The molecule has 0 unspecified atom stereocenters. The second-order valence-corrected chi connectivity index (χ2v) is 9.43. The van der Waals surface area contributed by atoms with E-state index in [-0.39, 0.29) is 10.6 Å². The zero-order valence-electron chi connectivity index (χ0n) is 17.8. The number of benzene rings is 2. The Morgan fingerprint density at radius 3 is 2.48 bits per heavy atom. The van der Waals surface area contributed by atoms with Gasteiger partial charge >= 0.3 is 10.0 Å². The molecule has 2 aromatic carbocycles. The van der Waals surface area contributed by atoms with E-state index in [9.17, 15) is 13.5 Å². The zero-order valence-corrected chi connectivity index (χ0v) is 18.6. The molecule has 3 heterocycles. The molecule has 10 heteroatoms. The quantitative estimate of drug-likeness (QED) is 0.629. The first-order valence-corrected chi connectivity index (χ1v) is 12.0. The van der Waals surface area contributed by atoms with Gasteiger partial charge in [-0.2, -0.15) is 4.98 Å². The van der Waals surface area contributed by atoms with Crippen LogP contribution in [0.3, 0.4) is 0 Å². The van der Waals surface area contributed by atoms with E-state index in [1.165, 1.54) is 12.1 Å². The zero-order chi connectivity index (χ0) is 23.0. The Bertz CT molecular complexity index is 1350. The van der Waals surface area contributed by atoms with Gasteiger partial charge in [0.25, 0.3) is 6.57 Å². The van der Waals surface area contributed by atoms with Crippen LogP contribution in [0.25, 0.3) is 15.5 Å². The van der Waals surface area contributed by atoms with Gasteiger partial charge in [-0.1, -0.05) is 12.1 Å². The SMILES string of the molecule is C#[N+]S(=O)(=O)c1ccc(N2CCc3c(-c4cccc(O)c4)nc(N4CCOCC4)nc32)cc1. The summed E-state index contributed by atoms with van der Waals surface area (Å²) in [6.45, 7) is 8.26. The van der Waals surface area contributed by atoms with Crippen molar-refractivity contribution in [1.82, 2.24) is 9.97 Å². The van der Waals surface area contributed by atoms with E-state index in [4.69, 9.17) is 21.3 Å². The van der Waals surface area contributed by atoms with Crippen LogP contribution < -0.4 is 9.80 Å². The van der Waals surface area contributed by atoms with Crippen LogP contribution >= 0.6 is 0 Å². The fourth-order valence-electron chi connectivity index (χ4n) is 4.15. The lowest BCUT2D eigenvalue weighted by Gasteiger charge is -2.28. The van der Waals surface area contributed by atoms with Gasteiger partial charge in [-0.05, 0) is 42.8 Å². The van der Waals surface area contributed by atoms with Crippen molar-refractivity contribution < 1.29 is 18.3 Å². The second-order valence-electron chi connectivity index (χ2n) is 7.80. The molecule has 0 radical (unpaired) electrons. The summed E-state index contributed by atoms with van der Waals surface area (Å²) in [7, 11) is -3.85. The molecule has 33 heavy (non-hydrogen) atoms. The molecule has 0 saturated carbocycles. The molecule has 168 valence electrons. The maximum Gasteiger partial charge on any atom is 0.510 e. The summed E-state index contributed by atoms with van der Waals surface area (Å²) in [5.41, 5.74) is 3.38. The fourth-order valence-corrected chi connectivity index (χ4v) is 4.75. The first-order chi connectivity index (χ1) is 16.0. The Labute approximate surface area is 191 Å². The van der Waals surface area contributed by atoms with Crippen molar-refractivity contribution in [2.24, 2.45) is 0 Å². The van der Waals surface area contributed by atoms with Crippen molar-refractivity contribution in [3.63, 3.8) is 0 Å². The third-order valence-electron chi connectivity index (χ3n) is 5.81. The van der Waals surface area contributed by atoms with Gasteiger partial charge < -0.3 is 19.6 Å². The Balaban J connectivity index is 1.60. The Morgan fingerprint density at radius 1 is 1.03 bits per heavy atom. The third-order valence-corrected chi connectivity index (χ3v) is 6.96. The lowest BCUT2D eigenvalue weighted by Crippen LogP contribution is -2.37. The van der Waals surface area contributed by atoms with Crippen LogP contribution in [0.15, 0.2) is 53.4 Å². The molecule has 0 amide bonds. The highest BCUT2D eigenvalue weighted by Gasteiger charge is 2.30. The summed E-state index contributed by atoms with van der Waals surface area (Å²) in [4.78, 5) is 13.9. The van der Waals surface area contributed by atoms with Gasteiger partial charge in [0.1, 0.15) is 11.6 Å². The van der Waals surface area contributed by atoms with E-state index in [0.717, 1.165) is 28.3 Å². The van der Waals surface area contributed by atoms with E-state index >= 15 is 0 Å². The minimum atomic E-state index is -3.85. The maximum atomic E-state index is 11.9. The number of aromatic hydroxyl groups is 1. The number of morpholine rings is 1. The molecular weight excluding hydrogens is 442 g/mol. The summed E-state index contributed by atoms with van der Waals surface area (Å²) >= 11 is 0. The van der Waals surface area contributed by atoms with Gasteiger partial charge in [0, 0.05) is 36.4 Å². The number of ether oxygens (including phenoxy) is 1. The summed E-state index contributed by atoms with van der Waals surface area (Å²) in [6, 6.07) is 13.5. The predicted octanol–water partition coefficient (Wildman–Crippen LogP) is 3.03. The summed E-state index contributed by atoms with van der Waals surface area (Å²) in [5.74, 6) is 1.54. The Morgan fingerprint density at radius 2 is 1.79 bits per heavy atom. The summed E-state index contributed by atoms with van der Waals surface area (Å²) in [5, 5.41) is 10.0. The summed E-state index contributed by atoms with van der Waals surface area (Å²) in [6.07, 6.45) is 0.710. The standard InChI is InChI=1S/C23H21N5O4S/c1-24-33(30,31)19-7-5-17(6-8-19)28-10-9-20-21(16-3-2-4-18(29)15-16)25-23(26-22(20)28)27-11-13-32-14-12-27/h1-8,15H,9-14H2/p+1. The number of sulfonamides is 1. The Kier molecular flexibility index (Phi) is 5.36. The highest BCUT2D eigenvalue weighted by Crippen LogP contribution is 2.40. The van der Waals surface area contributed by atoms with E-state index in [1.807, 2.05) is 11.0 Å². The smallest absolute Gasteiger partial charge is 0.508 e. The van der Waals surface area contributed by atoms with Gasteiger partial charge in [-0.15, -0.1) is 8.42 Å². The number of phenols is 1. The number of aromatic nitrogens is 2. The highest BCUT2D eigenvalue weighted by atomic mass is 32.2. The fraction of sp³-hybridized carbons (Fsp3) is 0.261. The average molecular weight is 465 g/mol. The third kappa shape index (κ3) is 3.97. The minimum absolute atomic E-state index is 0.0327. The van der Waals surface area contributed by atoms with Gasteiger partial charge in [0.05, 0.1) is 23.2 Å². The number of phenolic OH excluding ortho intramolecular Hbond substituents is 1. The molecule has 3 aromatic rings.